The van der Waals surface area contributed by atoms with Crippen LogP contribution >= 0.6 is 23.4 Å². The van der Waals surface area contributed by atoms with Crippen LogP contribution in [-0.2, 0) is 0 Å². The van der Waals surface area contributed by atoms with Crippen molar-refractivity contribution < 1.29 is 8.78 Å². The van der Waals surface area contributed by atoms with Crippen LogP contribution in [0, 0.1) is 11.6 Å². The Morgan fingerprint density at radius 1 is 1.00 bits per heavy atom. The van der Waals surface area contributed by atoms with Gasteiger partial charge < -0.3 is 5.73 Å². The third-order valence-corrected chi connectivity index (χ3v) is 3.43. The topological polar surface area (TPSA) is 26.0 Å². The van der Waals surface area contributed by atoms with Gasteiger partial charge in [0.15, 0.2) is 0 Å². The van der Waals surface area contributed by atoms with Gasteiger partial charge in [-0.05, 0) is 36.4 Å². The summed E-state index contributed by atoms with van der Waals surface area (Å²) in [4.78, 5) is 0.779. The molecule has 0 fully saturated rings. The van der Waals surface area contributed by atoms with E-state index >= 15 is 0 Å². The SMILES string of the molecule is Nc1ccc(Cl)cc1Sc1cc(F)ccc1F. The molecule has 2 aromatic carbocycles. The van der Waals surface area contributed by atoms with E-state index in [0.29, 0.717) is 15.6 Å². The number of nitrogens with two attached hydrogens (primary N) is 1. The van der Waals surface area contributed by atoms with Gasteiger partial charge in [-0.15, -0.1) is 0 Å². The van der Waals surface area contributed by atoms with Crippen LogP contribution in [0.1, 0.15) is 0 Å². The Balaban J connectivity index is 2.37. The fourth-order valence-corrected chi connectivity index (χ4v) is 2.45. The molecule has 5 heteroatoms. The Kier molecular flexibility index (Phi) is 3.54. The van der Waals surface area contributed by atoms with Crippen molar-refractivity contribution in [3.8, 4) is 0 Å². The summed E-state index contributed by atoms with van der Waals surface area (Å²) in [6.45, 7) is 0. The minimum absolute atomic E-state index is 0.180. The maximum atomic E-state index is 13.4. The number of anilines is 1. The van der Waals surface area contributed by atoms with E-state index in [1.165, 1.54) is 0 Å². The molecule has 0 heterocycles. The molecule has 2 rings (SSSR count). The zero-order valence-electron chi connectivity index (χ0n) is 8.58. The lowest BCUT2D eigenvalue weighted by Crippen LogP contribution is -1.89. The second-order valence-electron chi connectivity index (χ2n) is 3.36. The maximum absolute atomic E-state index is 13.4. The molecule has 0 unspecified atom stereocenters. The Labute approximate surface area is 107 Å². The van der Waals surface area contributed by atoms with Gasteiger partial charge in [-0.3, -0.25) is 0 Å². The van der Waals surface area contributed by atoms with E-state index in [4.69, 9.17) is 17.3 Å². The number of nitrogen functional groups attached to an aromatic ring is 1. The maximum Gasteiger partial charge on any atom is 0.137 e. The molecule has 1 nitrogen and oxygen atoms in total. The fraction of sp³-hybridized carbons (Fsp3) is 0. The third kappa shape index (κ3) is 2.90. The Hall–Kier alpha value is -1.26. The highest BCUT2D eigenvalue weighted by Crippen LogP contribution is 2.35. The first kappa shape index (κ1) is 12.2. The van der Waals surface area contributed by atoms with Crippen LogP contribution < -0.4 is 5.73 Å². The monoisotopic (exact) mass is 271 g/mol. The second-order valence-corrected chi connectivity index (χ2v) is 4.88. The zero-order valence-corrected chi connectivity index (χ0v) is 10.2. The molecule has 0 saturated carbocycles. The van der Waals surface area contributed by atoms with E-state index in [0.717, 1.165) is 30.0 Å². The summed E-state index contributed by atoms with van der Waals surface area (Å²) in [5.74, 6) is -0.981. The van der Waals surface area contributed by atoms with Crippen LogP contribution in [0.3, 0.4) is 0 Å². The summed E-state index contributed by atoms with van der Waals surface area (Å²) in [6.07, 6.45) is 0. The van der Waals surface area contributed by atoms with Crippen LogP contribution in [0.2, 0.25) is 5.02 Å². The van der Waals surface area contributed by atoms with Gasteiger partial charge in [0.2, 0.25) is 0 Å². The highest BCUT2D eigenvalue weighted by atomic mass is 35.5. The quantitative estimate of drug-likeness (QED) is 0.822. The molecule has 0 amide bonds. The molecule has 0 bridgehead atoms. The molecule has 88 valence electrons. The van der Waals surface area contributed by atoms with Gasteiger partial charge in [0, 0.05) is 15.6 Å². The predicted molar refractivity (Wildman–Crippen MR) is 66.3 cm³/mol. The van der Waals surface area contributed by atoms with Crippen molar-refractivity contribution >= 4 is 29.1 Å². The van der Waals surface area contributed by atoms with Crippen molar-refractivity contribution in [2.45, 2.75) is 9.79 Å². The second kappa shape index (κ2) is 4.94. The van der Waals surface area contributed by atoms with E-state index in [-0.39, 0.29) is 4.90 Å². The number of hydrogen-bond acceptors (Lipinski definition) is 2. The molecule has 0 saturated heterocycles. The molecule has 0 aliphatic heterocycles. The van der Waals surface area contributed by atoms with Crippen molar-refractivity contribution in [3.05, 3.63) is 53.1 Å². The number of halogens is 3. The summed E-state index contributed by atoms with van der Waals surface area (Å²) < 4.78 is 26.4. The van der Waals surface area contributed by atoms with Crippen molar-refractivity contribution in [2.75, 3.05) is 5.73 Å². The van der Waals surface area contributed by atoms with Crippen LogP contribution in [0.5, 0.6) is 0 Å². The lowest BCUT2D eigenvalue weighted by molar-refractivity contribution is 0.577. The first-order valence-corrected chi connectivity index (χ1v) is 5.93. The lowest BCUT2D eigenvalue weighted by Gasteiger charge is -2.06. The van der Waals surface area contributed by atoms with Gasteiger partial charge in [-0.2, -0.15) is 0 Å². The molecule has 2 N–H and O–H groups in total. The van der Waals surface area contributed by atoms with Crippen molar-refractivity contribution in [2.24, 2.45) is 0 Å². The molecule has 0 spiro atoms. The highest BCUT2D eigenvalue weighted by molar-refractivity contribution is 7.99. The van der Waals surface area contributed by atoms with Crippen molar-refractivity contribution in [3.63, 3.8) is 0 Å². The Morgan fingerprint density at radius 3 is 2.53 bits per heavy atom. The van der Waals surface area contributed by atoms with Crippen LogP contribution in [-0.4, -0.2) is 0 Å². The smallest absolute Gasteiger partial charge is 0.137 e. The average Bonchev–Trinajstić information content (AvgIpc) is 2.28. The number of rotatable bonds is 2. The first-order valence-electron chi connectivity index (χ1n) is 4.74. The predicted octanol–water partition coefficient (Wildman–Crippen LogP) is 4.35. The standard InChI is InChI=1S/C12H8ClF2NS/c13-7-1-4-10(16)12(5-7)17-11-6-8(14)2-3-9(11)15/h1-6H,16H2. The Morgan fingerprint density at radius 2 is 1.76 bits per heavy atom. The zero-order chi connectivity index (χ0) is 12.4. The van der Waals surface area contributed by atoms with Crippen LogP contribution in [0.25, 0.3) is 0 Å². The molecular weight excluding hydrogens is 264 g/mol. The summed E-state index contributed by atoms with van der Waals surface area (Å²) in [5, 5.41) is 0.499. The molecule has 2 aromatic rings. The van der Waals surface area contributed by atoms with Crippen molar-refractivity contribution in [1.82, 2.24) is 0 Å². The van der Waals surface area contributed by atoms with E-state index in [1.807, 2.05) is 0 Å². The van der Waals surface area contributed by atoms with Crippen LogP contribution in [0.15, 0.2) is 46.2 Å². The number of benzene rings is 2. The van der Waals surface area contributed by atoms with Gasteiger partial charge in [-0.1, -0.05) is 23.4 Å². The largest absolute Gasteiger partial charge is 0.398 e. The fourth-order valence-electron chi connectivity index (χ4n) is 1.27. The highest BCUT2D eigenvalue weighted by Gasteiger charge is 2.08. The normalized spacial score (nSPS) is 10.5. The number of hydrogen-bond donors (Lipinski definition) is 1. The molecule has 17 heavy (non-hydrogen) atoms. The van der Waals surface area contributed by atoms with Gasteiger partial charge in [0.25, 0.3) is 0 Å². The lowest BCUT2D eigenvalue weighted by atomic mass is 10.3. The summed E-state index contributed by atoms with van der Waals surface area (Å²) in [6, 6.07) is 8.16. The molecule has 0 aliphatic carbocycles. The van der Waals surface area contributed by atoms with Crippen molar-refractivity contribution in [1.29, 1.82) is 0 Å². The molecule has 0 aromatic heterocycles. The molecule has 0 radical (unpaired) electrons. The summed E-state index contributed by atoms with van der Waals surface area (Å²) in [7, 11) is 0. The average molecular weight is 272 g/mol. The van der Waals surface area contributed by atoms with Gasteiger partial charge >= 0.3 is 0 Å². The Bertz CT molecular complexity index is 511. The third-order valence-electron chi connectivity index (χ3n) is 2.09. The van der Waals surface area contributed by atoms with Crippen LogP contribution in [0.4, 0.5) is 14.5 Å². The van der Waals surface area contributed by atoms with E-state index < -0.39 is 11.6 Å². The van der Waals surface area contributed by atoms with Gasteiger partial charge in [-0.25, -0.2) is 8.78 Å². The summed E-state index contributed by atoms with van der Waals surface area (Å²) in [5.41, 5.74) is 6.20. The first-order chi connectivity index (χ1) is 8.06. The molecule has 0 aliphatic rings. The minimum Gasteiger partial charge on any atom is -0.398 e. The van der Waals surface area contributed by atoms with E-state index in [1.54, 1.807) is 18.2 Å². The molecular formula is C12H8ClF2NS. The summed E-state index contributed by atoms with van der Waals surface area (Å²) >= 11 is 6.86. The van der Waals surface area contributed by atoms with Gasteiger partial charge in [0.1, 0.15) is 11.6 Å². The van der Waals surface area contributed by atoms with E-state index in [2.05, 4.69) is 0 Å². The van der Waals surface area contributed by atoms with E-state index in [9.17, 15) is 8.78 Å². The molecule has 0 atom stereocenters. The van der Waals surface area contributed by atoms with Gasteiger partial charge in [0.05, 0.1) is 4.90 Å². The minimum atomic E-state index is -0.491.